The summed E-state index contributed by atoms with van der Waals surface area (Å²) in [5.41, 5.74) is 2.28. The highest BCUT2D eigenvalue weighted by Crippen LogP contribution is 2.21. The van der Waals surface area contributed by atoms with Gasteiger partial charge in [0.25, 0.3) is 0 Å². The molecule has 0 aliphatic rings. The fourth-order valence-electron chi connectivity index (χ4n) is 1.79. The molecular weight excluding hydrogens is 265 g/mol. The largest absolute Gasteiger partial charge is 0.363 e. The minimum absolute atomic E-state index is 0.0690. The first-order valence-corrected chi connectivity index (χ1v) is 6.37. The third-order valence-corrected chi connectivity index (χ3v) is 3.06. The van der Waals surface area contributed by atoms with Crippen LogP contribution in [-0.2, 0) is 0 Å². The number of rotatable bonds is 3. The van der Waals surface area contributed by atoms with Crippen molar-refractivity contribution >= 4 is 17.4 Å². The Morgan fingerprint density at radius 3 is 2.58 bits per heavy atom. The van der Waals surface area contributed by atoms with E-state index in [2.05, 4.69) is 15.3 Å². The zero-order valence-corrected chi connectivity index (χ0v) is 11.8. The first-order valence-electron chi connectivity index (χ1n) is 5.99. The van der Waals surface area contributed by atoms with Crippen molar-refractivity contribution in [3.05, 3.63) is 52.2 Å². The Balaban J connectivity index is 2.20. The molecule has 1 heterocycles. The minimum atomic E-state index is -0.206. The predicted octanol–water partition coefficient (Wildman–Crippen LogP) is 4.06. The first-order chi connectivity index (χ1) is 8.95. The molecule has 0 spiro atoms. The summed E-state index contributed by atoms with van der Waals surface area (Å²) in [6.45, 7) is 5.52. The van der Waals surface area contributed by atoms with E-state index < -0.39 is 0 Å². The van der Waals surface area contributed by atoms with E-state index in [0.29, 0.717) is 11.4 Å². The molecule has 0 amide bonds. The molecule has 5 heteroatoms. The van der Waals surface area contributed by atoms with Crippen LogP contribution in [0.25, 0.3) is 0 Å². The standard InChI is InChI=1S/C14H15ClFN3/c1-8-4-5-11(7-12(8)16)10(3)18-13-6-9(2)17-14(15)19-13/h4-7,10H,1-3H3,(H,17,18,19). The van der Waals surface area contributed by atoms with Crippen LogP contribution in [0.2, 0.25) is 5.28 Å². The molecule has 1 unspecified atom stereocenters. The third-order valence-electron chi connectivity index (χ3n) is 2.89. The smallest absolute Gasteiger partial charge is 0.224 e. The fourth-order valence-corrected chi connectivity index (χ4v) is 2.01. The maximum absolute atomic E-state index is 13.5. The molecule has 0 aliphatic heterocycles. The monoisotopic (exact) mass is 279 g/mol. The molecule has 100 valence electrons. The molecule has 0 saturated heterocycles. The van der Waals surface area contributed by atoms with Gasteiger partial charge in [-0.25, -0.2) is 14.4 Å². The van der Waals surface area contributed by atoms with Crippen molar-refractivity contribution in [3.8, 4) is 0 Å². The van der Waals surface area contributed by atoms with Crippen molar-refractivity contribution in [1.82, 2.24) is 9.97 Å². The van der Waals surface area contributed by atoms with Gasteiger partial charge in [-0.05, 0) is 49.6 Å². The summed E-state index contributed by atoms with van der Waals surface area (Å²) in [5, 5.41) is 3.38. The van der Waals surface area contributed by atoms with Crippen LogP contribution in [-0.4, -0.2) is 9.97 Å². The Kier molecular flexibility index (Phi) is 4.00. The molecule has 1 atom stereocenters. The molecular formula is C14H15ClFN3. The van der Waals surface area contributed by atoms with Gasteiger partial charge < -0.3 is 5.32 Å². The summed E-state index contributed by atoms with van der Waals surface area (Å²) in [6, 6.07) is 6.92. The Labute approximate surface area is 116 Å². The van der Waals surface area contributed by atoms with E-state index in [1.807, 2.05) is 19.9 Å². The van der Waals surface area contributed by atoms with E-state index in [9.17, 15) is 4.39 Å². The Hall–Kier alpha value is -1.68. The van der Waals surface area contributed by atoms with Crippen molar-refractivity contribution in [2.24, 2.45) is 0 Å². The Bertz CT molecular complexity index is 581. The van der Waals surface area contributed by atoms with Crippen molar-refractivity contribution < 1.29 is 4.39 Å². The Morgan fingerprint density at radius 2 is 1.95 bits per heavy atom. The van der Waals surface area contributed by atoms with E-state index in [1.54, 1.807) is 19.1 Å². The maximum Gasteiger partial charge on any atom is 0.224 e. The summed E-state index contributed by atoms with van der Waals surface area (Å²) >= 11 is 5.80. The van der Waals surface area contributed by atoms with Gasteiger partial charge in [0.1, 0.15) is 11.6 Å². The van der Waals surface area contributed by atoms with Crippen LogP contribution in [0.1, 0.15) is 29.8 Å². The van der Waals surface area contributed by atoms with E-state index in [4.69, 9.17) is 11.6 Å². The van der Waals surface area contributed by atoms with Gasteiger partial charge in [-0.15, -0.1) is 0 Å². The van der Waals surface area contributed by atoms with Crippen LogP contribution in [0.5, 0.6) is 0 Å². The van der Waals surface area contributed by atoms with Crippen LogP contribution < -0.4 is 5.32 Å². The van der Waals surface area contributed by atoms with Gasteiger partial charge in [-0.1, -0.05) is 12.1 Å². The first kappa shape index (κ1) is 13.7. The third kappa shape index (κ3) is 3.41. The summed E-state index contributed by atoms with van der Waals surface area (Å²) in [5.74, 6) is 0.425. The summed E-state index contributed by atoms with van der Waals surface area (Å²) in [6.07, 6.45) is 0. The Morgan fingerprint density at radius 1 is 1.21 bits per heavy atom. The van der Waals surface area contributed by atoms with E-state index in [1.165, 1.54) is 6.07 Å². The number of anilines is 1. The number of aryl methyl sites for hydroxylation is 2. The number of halogens is 2. The lowest BCUT2D eigenvalue weighted by molar-refractivity contribution is 0.614. The maximum atomic E-state index is 13.5. The van der Waals surface area contributed by atoms with Gasteiger partial charge in [-0.2, -0.15) is 0 Å². The van der Waals surface area contributed by atoms with E-state index in [-0.39, 0.29) is 17.1 Å². The minimum Gasteiger partial charge on any atom is -0.363 e. The second-order valence-electron chi connectivity index (χ2n) is 4.54. The van der Waals surface area contributed by atoms with Crippen LogP contribution in [0.3, 0.4) is 0 Å². The molecule has 1 aromatic heterocycles. The molecule has 3 nitrogen and oxygen atoms in total. The number of nitrogens with zero attached hydrogens (tertiary/aromatic N) is 2. The fraction of sp³-hybridized carbons (Fsp3) is 0.286. The summed E-state index contributed by atoms with van der Waals surface area (Å²) < 4.78 is 13.5. The number of aromatic nitrogens is 2. The number of benzene rings is 1. The second kappa shape index (κ2) is 5.53. The topological polar surface area (TPSA) is 37.8 Å². The second-order valence-corrected chi connectivity index (χ2v) is 4.88. The normalized spacial score (nSPS) is 12.3. The lowest BCUT2D eigenvalue weighted by atomic mass is 10.1. The molecule has 0 aliphatic carbocycles. The zero-order chi connectivity index (χ0) is 14.0. The van der Waals surface area contributed by atoms with Gasteiger partial charge in [-0.3, -0.25) is 0 Å². The van der Waals surface area contributed by atoms with Gasteiger partial charge in [0.2, 0.25) is 5.28 Å². The lowest BCUT2D eigenvalue weighted by Gasteiger charge is -2.15. The average molecular weight is 280 g/mol. The van der Waals surface area contributed by atoms with Crippen LogP contribution in [0.15, 0.2) is 24.3 Å². The summed E-state index contributed by atoms with van der Waals surface area (Å²) in [7, 11) is 0. The highest BCUT2D eigenvalue weighted by molar-refractivity contribution is 6.28. The number of nitrogens with one attached hydrogen (secondary N) is 1. The summed E-state index contributed by atoms with van der Waals surface area (Å²) in [4.78, 5) is 8.08. The van der Waals surface area contributed by atoms with Crippen molar-refractivity contribution in [2.75, 3.05) is 5.32 Å². The van der Waals surface area contributed by atoms with E-state index in [0.717, 1.165) is 11.3 Å². The van der Waals surface area contributed by atoms with Gasteiger partial charge in [0, 0.05) is 11.8 Å². The lowest BCUT2D eigenvalue weighted by Crippen LogP contribution is -2.09. The molecule has 2 aromatic rings. The van der Waals surface area contributed by atoms with Crippen LogP contribution in [0, 0.1) is 19.7 Å². The highest BCUT2D eigenvalue weighted by Gasteiger charge is 2.09. The SMILES string of the molecule is Cc1cc(NC(C)c2ccc(C)c(F)c2)nc(Cl)n1. The van der Waals surface area contributed by atoms with Gasteiger partial charge in [0.15, 0.2) is 0 Å². The number of hydrogen-bond acceptors (Lipinski definition) is 3. The molecule has 1 N–H and O–H groups in total. The quantitative estimate of drug-likeness (QED) is 0.861. The van der Waals surface area contributed by atoms with E-state index >= 15 is 0 Å². The van der Waals surface area contributed by atoms with Crippen molar-refractivity contribution in [3.63, 3.8) is 0 Å². The molecule has 19 heavy (non-hydrogen) atoms. The highest BCUT2D eigenvalue weighted by atomic mass is 35.5. The van der Waals surface area contributed by atoms with Crippen molar-refractivity contribution in [2.45, 2.75) is 26.8 Å². The molecule has 0 bridgehead atoms. The van der Waals surface area contributed by atoms with Crippen LogP contribution in [0.4, 0.5) is 10.2 Å². The van der Waals surface area contributed by atoms with Crippen LogP contribution >= 0.6 is 11.6 Å². The molecule has 1 aromatic carbocycles. The molecule has 0 saturated carbocycles. The number of hydrogen-bond donors (Lipinski definition) is 1. The van der Waals surface area contributed by atoms with Crippen molar-refractivity contribution in [1.29, 1.82) is 0 Å². The zero-order valence-electron chi connectivity index (χ0n) is 11.0. The predicted molar refractivity (Wildman–Crippen MR) is 75.0 cm³/mol. The molecule has 0 fully saturated rings. The average Bonchev–Trinajstić information content (AvgIpc) is 2.31. The van der Waals surface area contributed by atoms with Gasteiger partial charge in [0.05, 0.1) is 6.04 Å². The molecule has 2 rings (SSSR count). The molecule has 0 radical (unpaired) electrons. The van der Waals surface area contributed by atoms with Gasteiger partial charge >= 0.3 is 0 Å².